The molecule has 0 heterocycles. The predicted molar refractivity (Wildman–Crippen MR) is 76.7 cm³/mol. The Kier molecular flexibility index (Phi) is 5.30. The third-order valence-corrected chi connectivity index (χ3v) is 2.92. The zero-order valence-electron chi connectivity index (χ0n) is 11.5. The summed E-state index contributed by atoms with van der Waals surface area (Å²) in [5, 5.41) is 8.31. The maximum atomic E-state index is 14.1. The molecule has 0 aliphatic heterocycles. The fourth-order valence-electron chi connectivity index (χ4n) is 1.88. The highest BCUT2D eigenvalue weighted by Gasteiger charge is 2.15. The normalized spacial score (nSPS) is 10.5. The van der Waals surface area contributed by atoms with E-state index in [4.69, 9.17) is 9.99 Å². The van der Waals surface area contributed by atoms with Gasteiger partial charge in [0.05, 0.1) is 6.61 Å². The molecular formula is C15H14BF2O3. The molecule has 2 rings (SSSR count). The third-order valence-electron chi connectivity index (χ3n) is 2.92. The molecule has 3 nitrogen and oxygen atoms in total. The zero-order valence-corrected chi connectivity index (χ0v) is 11.5. The van der Waals surface area contributed by atoms with Crippen molar-refractivity contribution in [3.05, 3.63) is 48.0 Å². The van der Waals surface area contributed by atoms with Crippen LogP contribution in [0.2, 0.25) is 0 Å². The number of hydrogen-bond acceptors (Lipinski definition) is 3. The van der Waals surface area contributed by atoms with Gasteiger partial charge in [-0.2, -0.15) is 4.39 Å². The average Bonchev–Trinajstić information content (AvgIpc) is 2.50. The SMILES string of the molecule is CCCOc1ccc(-c2ccc([B]OO)cc2)c(F)c1F. The Bertz CT molecular complexity index is 603. The van der Waals surface area contributed by atoms with Gasteiger partial charge in [-0.15, -0.1) is 0 Å². The van der Waals surface area contributed by atoms with E-state index in [9.17, 15) is 8.78 Å². The van der Waals surface area contributed by atoms with E-state index in [0.29, 0.717) is 24.1 Å². The van der Waals surface area contributed by atoms with Gasteiger partial charge in [0, 0.05) is 5.56 Å². The molecule has 0 aliphatic rings. The molecule has 0 atom stereocenters. The van der Waals surface area contributed by atoms with E-state index in [0.717, 1.165) is 7.48 Å². The van der Waals surface area contributed by atoms with Crippen LogP contribution < -0.4 is 10.2 Å². The van der Waals surface area contributed by atoms with Crippen LogP contribution in [-0.4, -0.2) is 19.3 Å². The van der Waals surface area contributed by atoms with Crippen molar-refractivity contribution in [2.45, 2.75) is 13.3 Å². The van der Waals surface area contributed by atoms with Crippen molar-refractivity contribution in [1.82, 2.24) is 0 Å². The summed E-state index contributed by atoms with van der Waals surface area (Å²) in [7, 11) is 1.13. The van der Waals surface area contributed by atoms with Crippen LogP contribution in [0, 0.1) is 11.6 Å². The van der Waals surface area contributed by atoms with Crippen LogP contribution in [0.4, 0.5) is 8.78 Å². The van der Waals surface area contributed by atoms with Crippen LogP contribution in [-0.2, 0) is 4.81 Å². The van der Waals surface area contributed by atoms with E-state index >= 15 is 0 Å². The van der Waals surface area contributed by atoms with Gasteiger partial charge in [0.1, 0.15) is 0 Å². The molecular weight excluding hydrogens is 277 g/mol. The summed E-state index contributed by atoms with van der Waals surface area (Å²) >= 11 is 0. The second kappa shape index (κ2) is 7.20. The average molecular weight is 291 g/mol. The van der Waals surface area contributed by atoms with Gasteiger partial charge in [0.2, 0.25) is 5.82 Å². The van der Waals surface area contributed by atoms with Crippen molar-refractivity contribution in [3.63, 3.8) is 0 Å². The number of hydrogen-bond donors (Lipinski definition) is 1. The van der Waals surface area contributed by atoms with Gasteiger partial charge in [-0.3, -0.25) is 5.26 Å². The number of rotatable bonds is 6. The summed E-state index contributed by atoms with van der Waals surface area (Å²) in [5.74, 6) is -2.02. The molecule has 0 unspecified atom stereocenters. The molecule has 0 aliphatic carbocycles. The number of halogens is 2. The lowest BCUT2D eigenvalue weighted by Crippen LogP contribution is -2.15. The molecule has 0 saturated heterocycles. The Balaban J connectivity index is 2.29. The molecule has 0 amide bonds. The van der Waals surface area contributed by atoms with Crippen molar-refractivity contribution >= 4 is 12.9 Å². The van der Waals surface area contributed by atoms with Gasteiger partial charge in [-0.1, -0.05) is 36.7 Å². The molecule has 0 saturated carbocycles. The summed E-state index contributed by atoms with van der Waals surface area (Å²) in [6.45, 7) is 2.22. The lowest BCUT2D eigenvalue weighted by atomic mass is 9.87. The minimum Gasteiger partial charge on any atom is -0.490 e. The van der Waals surface area contributed by atoms with Gasteiger partial charge < -0.3 is 9.54 Å². The Morgan fingerprint density at radius 3 is 2.38 bits per heavy atom. The molecule has 2 aromatic rings. The molecule has 21 heavy (non-hydrogen) atoms. The Morgan fingerprint density at radius 2 is 1.76 bits per heavy atom. The highest BCUT2D eigenvalue weighted by atomic mass is 19.2. The molecule has 1 N–H and O–H groups in total. The van der Waals surface area contributed by atoms with Gasteiger partial charge in [-0.25, -0.2) is 4.39 Å². The monoisotopic (exact) mass is 291 g/mol. The zero-order chi connectivity index (χ0) is 15.2. The smallest absolute Gasteiger partial charge is 0.381 e. The minimum atomic E-state index is -0.990. The summed E-state index contributed by atoms with van der Waals surface area (Å²) in [5.41, 5.74) is 1.27. The van der Waals surface area contributed by atoms with Crippen LogP contribution in [0.5, 0.6) is 5.75 Å². The van der Waals surface area contributed by atoms with Gasteiger partial charge in [0.15, 0.2) is 11.6 Å². The number of ether oxygens (including phenoxy) is 1. The second-order valence-corrected chi connectivity index (χ2v) is 4.43. The molecule has 0 fully saturated rings. The van der Waals surface area contributed by atoms with Gasteiger partial charge in [-0.05, 0) is 24.1 Å². The molecule has 2 aromatic carbocycles. The maximum absolute atomic E-state index is 14.1. The molecule has 6 heteroatoms. The summed E-state index contributed by atoms with van der Waals surface area (Å²) in [6.07, 6.45) is 0.716. The lowest BCUT2D eigenvalue weighted by molar-refractivity contribution is -0.135. The Hall–Kier alpha value is -1.92. The summed E-state index contributed by atoms with van der Waals surface area (Å²) in [6, 6.07) is 9.34. The first kappa shape index (κ1) is 15.5. The van der Waals surface area contributed by atoms with Crippen molar-refractivity contribution in [3.8, 4) is 16.9 Å². The maximum Gasteiger partial charge on any atom is 0.381 e. The molecule has 0 bridgehead atoms. The topological polar surface area (TPSA) is 38.7 Å². The summed E-state index contributed by atoms with van der Waals surface area (Å²) < 4.78 is 33.2. The number of benzene rings is 2. The van der Waals surface area contributed by atoms with Crippen molar-refractivity contribution < 1.29 is 23.6 Å². The second-order valence-electron chi connectivity index (χ2n) is 4.43. The van der Waals surface area contributed by atoms with E-state index < -0.39 is 11.6 Å². The standard InChI is InChI=1S/C15H14BF2O3/c1-2-9-20-13-8-7-12(14(17)15(13)18)10-3-5-11(6-4-10)16-21-19/h3-8,19H,2,9H2,1H3. The van der Waals surface area contributed by atoms with E-state index in [1.165, 1.54) is 12.1 Å². The first-order valence-corrected chi connectivity index (χ1v) is 6.52. The van der Waals surface area contributed by atoms with Crippen molar-refractivity contribution in [1.29, 1.82) is 0 Å². The fourth-order valence-corrected chi connectivity index (χ4v) is 1.88. The van der Waals surface area contributed by atoms with E-state index in [2.05, 4.69) is 4.81 Å². The van der Waals surface area contributed by atoms with E-state index in [-0.39, 0.29) is 11.3 Å². The molecule has 0 aromatic heterocycles. The third kappa shape index (κ3) is 3.59. The molecule has 1 radical (unpaired) electrons. The first-order valence-electron chi connectivity index (χ1n) is 6.52. The quantitative estimate of drug-likeness (QED) is 0.505. The molecule has 109 valence electrons. The van der Waals surface area contributed by atoms with Crippen LogP contribution in [0.25, 0.3) is 11.1 Å². The predicted octanol–water partition coefficient (Wildman–Crippen LogP) is 3.15. The van der Waals surface area contributed by atoms with E-state index in [1.807, 2.05) is 6.92 Å². The highest BCUT2D eigenvalue weighted by Crippen LogP contribution is 2.29. The minimum absolute atomic E-state index is 0.0864. The van der Waals surface area contributed by atoms with Gasteiger partial charge >= 0.3 is 7.48 Å². The first-order chi connectivity index (χ1) is 10.2. The fraction of sp³-hybridized carbons (Fsp3) is 0.200. The van der Waals surface area contributed by atoms with Crippen LogP contribution in [0.3, 0.4) is 0 Å². The van der Waals surface area contributed by atoms with Gasteiger partial charge in [0.25, 0.3) is 0 Å². The van der Waals surface area contributed by atoms with E-state index in [1.54, 1.807) is 24.3 Å². The Morgan fingerprint density at radius 1 is 1.05 bits per heavy atom. The van der Waals surface area contributed by atoms with Crippen LogP contribution >= 0.6 is 0 Å². The largest absolute Gasteiger partial charge is 0.490 e. The molecule has 0 spiro atoms. The van der Waals surface area contributed by atoms with Crippen LogP contribution in [0.15, 0.2) is 36.4 Å². The van der Waals surface area contributed by atoms with Crippen LogP contribution in [0.1, 0.15) is 13.3 Å². The lowest BCUT2D eigenvalue weighted by Gasteiger charge is -2.10. The van der Waals surface area contributed by atoms with Crippen molar-refractivity contribution in [2.24, 2.45) is 0 Å². The Labute approximate surface area is 122 Å². The summed E-state index contributed by atoms with van der Waals surface area (Å²) in [4.78, 5) is 3.89. The van der Waals surface area contributed by atoms with Crippen molar-refractivity contribution in [2.75, 3.05) is 6.61 Å². The highest BCUT2D eigenvalue weighted by molar-refractivity contribution is 6.46.